The van der Waals surface area contributed by atoms with Gasteiger partial charge in [-0.15, -0.1) is 0 Å². The fourth-order valence-corrected chi connectivity index (χ4v) is 5.66. The summed E-state index contributed by atoms with van der Waals surface area (Å²) in [6, 6.07) is 21.7. The molecule has 1 amide bonds. The zero-order chi connectivity index (χ0) is 23.0. The van der Waals surface area contributed by atoms with Crippen LogP contribution in [0.25, 0.3) is 0 Å². The fraction of sp³-hybridized carbons (Fsp3) is 0.296. The number of fused-ring (bicyclic) bond motifs is 2. The molecule has 0 radical (unpaired) electrons. The molecule has 5 rings (SSSR count). The topological polar surface area (TPSA) is 32.8 Å². The van der Waals surface area contributed by atoms with Crippen molar-refractivity contribution in [2.24, 2.45) is 0 Å². The Kier molecular flexibility index (Phi) is 6.09. The molecule has 170 valence electrons. The van der Waals surface area contributed by atoms with Crippen LogP contribution in [0.4, 0.5) is 5.69 Å². The quantitative estimate of drug-likeness (QED) is 0.445. The van der Waals surface area contributed by atoms with E-state index in [1.165, 1.54) is 11.1 Å². The molecule has 0 saturated carbocycles. The molecule has 1 fully saturated rings. The number of carbonyl (C=O) groups excluding carboxylic acids is 1. The molecule has 0 atom stereocenters. The average Bonchev–Trinajstić information content (AvgIpc) is 3.14. The summed E-state index contributed by atoms with van der Waals surface area (Å²) in [4.78, 5) is 18.0. The lowest BCUT2D eigenvalue weighted by Crippen LogP contribution is -2.45. The number of hydrogen-bond acceptors (Lipinski definition) is 3. The van der Waals surface area contributed by atoms with E-state index in [1.807, 2.05) is 17.0 Å². The monoisotopic (exact) mass is 480 g/mol. The predicted molar refractivity (Wildman–Crippen MR) is 134 cm³/mol. The molecule has 3 aromatic carbocycles. The van der Waals surface area contributed by atoms with Crippen molar-refractivity contribution in [2.75, 3.05) is 31.6 Å². The highest BCUT2D eigenvalue weighted by atomic mass is 35.5. The van der Waals surface area contributed by atoms with Gasteiger partial charge in [0.1, 0.15) is 5.75 Å². The largest absolute Gasteiger partial charge is 0.497 e. The highest BCUT2D eigenvalue weighted by Crippen LogP contribution is 2.49. The molecule has 2 heterocycles. The Hall–Kier alpha value is -2.53. The maximum Gasteiger partial charge on any atom is 0.259 e. The number of hydrogen-bond donors (Lipinski definition) is 0. The Labute approximate surface area is 204 Å². The Morgan fingerprint density at radius 3 is 2.45 bits per heavy atom. The molecular formula is C27H26Cl2N2O2. The summed E-state index contributed by atoms with van der Waals surface area (Å²) >= 11 is 12.4. The van der Waals surface area contributed by atoms with Crippen LogP contribution in [0.5, 0.6) is 5.75 Å². The van der Waals surface area contributed by atoms with E-state index in [9.17, 15) is 4.79 Å². The number of ether oxygens (including phenoxy) is 1. The van der Waals surface area contributed by atoms with E-state index in [-0.39, 0.29) is 11.3 Å². The number of amides is 1. The van der Waals surface area contributed by atoms with Gasteiger partial charge in [0.2, 0.25) is 0 Å². The molecule has 3 aromatic rings. The van der Waals surface area contributed by atoms with Gasteiger partial charge in [0.05, 0.1) is 17.7 Å². The van der Waals surface area contributed by atoms with Crippen molar-refractivity contribution in [3.8, 4) is 5.75 Å². The first-order chi connectivity index (χ1) is 16.0. The van der Waals surface area contributed by atoms with Crippen LogP contribution in [-0.4, -0.2) is 37.6 Å². The first kappa shape index (κ1) is 22.3. The molecule has 6 heteroatoms. The minimum absolute atomic E-state index is 0.0910. The van der Waals surface area contributed by atoms with Crippen molar-refractivity contribution in [1.29, 1.82) is 0 Å². The standard InChI is InChI=1S/C27H26Cl2N2O2/c1-33-21-8-10-25-23(16-21)27(11-13-30(14-12-27)17-19-5-3-2-4-6-19)18-31(25)26(32)22-9-7-20(28)15-24(22)29/h2-10,15-16H,11-14,17-18H2,1H3. The number of benzene rings is 3. The molecule has 2 aliphatic heterocycles. The SMILES string of the molecule is COc1ccc2c(c1)C1(CCN(Cc3ccccc3)CC1)CN2C(=O)c1ccc(Cl)cc1Cl. The maximum absolute atomic E-state index is 13.6. The second kappa shape index (κ2) is 9.02. The van der Waals surface area contributed by atoms with E-state index in [0.29, 0.717) is 22.2 Å². The van der Waals surface area contributed by atoms with Gasteiger partial charge in [-0.25, -0.2) is 0 Å². The van der Waals surface area contributed by atoms with Crippen molar-refractivity contribution in [1.82, 2.24) is 4.90 Å². The average molecular weight is 481 g/mol. The van der Waals surface area contributed by atoms with Gasteiger partial charge >= 0.3 is 0 Å². The van der Waals surface area contributed by atoms with Crippen LogP contribution < -0.4 is 9.64 Å². The van der Waals surface area contributed by atoms with E-state index in [1.54, 1.807) is 25.3 Å². The van der Waals surface area contributed by atoms with Crippen LogP contribution in [0, 0.1) is 0 Å². The number of methoxy groups -OCH3 is 1. The molecule has 33 heavy (non-hydrogen) atoms. The van der Waals surface area contributed by atoms with Gasteiger partial charge in [-0.05, 0) is 73.5 Å². The molecule has 0 N–H and O–H groups in total. The van der Waals surface area contributed by atoms with E-state index < -0.39 is 0 Å². The van der Waals surface area contributed by atoms with Crippen LogP contribution >= 0.6 is 23.2 Å². The van der Waals surface area contributed by atoms with Crippen molar-refractivity contribution in [3.63, 3.8) is 0 Å². The van der Waals surface area contributed by atoms with Crippen LogP contribution in [0.3, 0.4) is 0 Å². The summed E-state index contributed by atoms with van der Waals surface area (Å²) in [5.74, 6) is 0.727. The van der Waals surface area contributed by atoms with Gasteiger partial charge in [0.15, 0.2) is 0 Å². The highest BCUT2D eigenvalue weighted by molar-refractivity contribution is 6.37. The van der Waals surface area contributed by atoms with Crippen molar-refractivity contribution in [2.45, 2.75) is 24.8 Å². The van der Waals surface area contributed by atoms with Crippen LogP contribution in [0.2, 0.25) is 10.0 Å². The summed E-state index contributed by atoms with van der Waals surface area (Å²) in [5.41, 5.74) is 3.85. The molecule has 0 unspecified atom stereocenters. The molecule has 1 saturated heterocycles. The van der Waals surface area contributed by atoms with E-state index in [0.717, 1.165) is 43.9 Å². The van der Waals surface area contributed by atoms with Gasteiger partial charge in [0.25, 0.3) is 5.91 Å². The number of rotatable bonds is 4. The maximum atomic E-state index is 13.6. The smallest absolute Gasteiger partial charge is 0.259 e. The summed E-state index contributed by atoms with van der Waals surface area (Å²) in [5, 5.41) is 0.895. The van der Waals surface area contributed by atoms with E-state index >= 15 is 0 Å². The summed E-state index contributed by atoms with van der Waals surface area (Å²) < 4.78 is 5.54. The summed E-state index contributed by atoms with van der Waals surface area (Å²) in [6.45, 7) is 3.56. The van der Waals surface area contributed by atoms with Crippen molar-refractivity contribution < 1.29 is 9.53 Å². The zero-order valence-corrected chi connectivity index (χ0v) is 20.1. The van der Waals surface area contributed by atoms with E-state index in [4.69, 9.17) is 27.9 Å². The lowest BCUT2D eigenvalue weighted by Gasteiger charge is -2.40. The third-order valence-corrected chi connectivity index (χ3v) is 7.54. The minimum Gasteiger partial charge on any atom is -0.497 e. The molecule has 0 aliphatic carbocycles. The third-order valence-electron chi connectivity index (χ3n) is 7.00. The normalized spacial score (nSPS) is 17.2. The Bertz CT molecular complexity index is 1170. The van der Waals surface area contributed by atoms with Crippen LogP contribution in [0.15, 0.2) is 66.7 Å². The third kappa shape index (κ3) is 4.23. The van der Waals surface area contributed by atoms with Crippen molar-refractivity contribution in [3.05, 3.63) is 93.5 Å². The Balaban J connectivity index is 1.43. The molecule has 0 aromatic heterocycles. The zero-order valence-electron chi connectivity index (χ0n) is 18.6. The second-order valence-electron chi connectivity index (χ2n) is 8.94. The second-order valence-corrected chi connectivity index (χ2v) is 9.78. The number of carbonyl (C=O) groups is 1. The lowest BCUT2D eigenvalue weighted by atomic mass is 9.74. The lowest BCUT2D eigenvalue weighted by molar-refractivity contribution is 0.0975. The number of piperidine rings is 1. The number of likely N-dealkylation sites (tertiary alicyclic amines) is 1. The molecule has 0 bridgehead atoms. The van der Waals surface area contributed by atoms with Crippen LogP contribution in [-0.2, 0) is 12.0 Å². The Morgan fingerprint density at radius 2 is 1.76 bits per heavy atom. The number of halogens is 2. The predicted octanol–water partition coefficient (Wildman–Crippen LogP) is 6.20. The Morgan fingerprint density at radius 1 is 1.00 bits per heavy atom. The molecule has 4 nitrogen and oxygen atoms in total. The minimum atomic E-state index is -0.0916. The van der Waals surface area contributed by atoms with Gasteiger partial charge < -0.3 is 9.64 Å². The van der Waals surface area contributed by atoms with Gasteiger partial charge in [0, 0.05) is 29.2 Å². The summed E-state index contributed by atoms with van der Waals surface area (Å²) in [6.07, 6.45) is 1.97. The molecular weight excluding hydrogens is 455 g/mol. The summed E-state index contributed by atoms with van der Waals surface area (Å²) in [7, 11) is 1.68. The first-order valence-electron chi connectivity index (χ1n) is 11.2. The molecule has 1 spiro atoms. The highest BCUT2D eigenvalue weighted by Gasteiger charge is 2.46. The number of anilines is 1. The van der Waals surface area contributed by atoms with Gasteiger partial charge in [-0.1, -0.05) is 53.5 Å². The van der Waals surface area contributed by atoms with E-state index in [2.05, 4.69) is 41.3 Å². The fourth-order valence-electron chi connectivity index (χ4n) is 5.17. The van der Waals surface area contributed by atoms with Crippen molar-refractivity contribution >= 4 is 34.8 Å². The van der Waals surface area contributed by atoms with Gasteiger partial charge in [-0.3, -0.25) is 9.69 Å². The number of nitrogens with zero attached hydrogens (tertiary/aromatic N) is 2. The van der Waals surface area contributed by atoms with Gasteiger partial charge in [-0.2, -0.15) is 0 Å². The first-order valence-corrected chi connectivity index (χ1v) is 12.0. The van der Waals surface area contributed by atoms with Crippen LogP contribution in [0.1, 0.15) is 34.3 Å². The molecule has 2 aliphatic rings.